The molecular weight excluding hydrogens is 688 g/mol. The number of unbranched alkanes of at least 4 members (excludes halogenated alkanes) is 16. The standard InChI is InChI=1S/C42H79N4O2PS2/c1-9-11-13-14-15-16-17-18-19-20-21-22-23-24-25-26-30-45(34-46-42-29-28-40(27-12-10-2)33-41(42)43-44-46)35-51-49(50,47-38(7)31-36(3)4)48-39(8)32-37(5)6/h28-29,33,36-39H,9-27,30-32,34-35H2,1-8H3. The first kappa shape index (κ1) is 46.7. The Morgan fingerprint density at radius 3 is 1.69 bits per heavy atom. The maximum absolute atomic E-state index is 6.64. The zero-order valence-corrected chi connectivity index (χ0v) is 36.9. The Morgan fingerprint density at radius 1 is 0.706 bits per heavy atom. The van der Waals surface area contributed by atoms with Crippen LogP contribution in [0.3, 0.4) is 0 Å². The summed E-state index contributed by atoms with van der Waals surface area (Å²) >= 11 is 7.99. The molecule has 1 aromatic heterocycles. The van der Waals surface area contributed by atoms with E-state index >= 15 is 0 Å². The highest BCUT2D eigenvalue weighted by Crippen LogP contribution is 2.63. The van der Waals surface area contributed by atoms with Crippen LogP contribution >= 0.6 is 17.1 Å². The van der Waals surface area contributed by atoms with Crippen molar-refractivity contribution in [3.63, 3.8) is 0 Å². The van der Waals surface area contributed by atoms with E-state index in [9.17, 15) is 0 Å². The Labute approximate surface area is 324 Å². The molecule has 0 aliphatic rings. The average Bonchev–Trinajstić information content (AvgIpc) is 3.46. The van der Waals surface area contributed by atoms with Crippen molar-refractivity contribution in [3.05, 3.63) is 23.8 Å². The molecule has 0 bridgehead atoms. The first-order chi connectivity index (χ1) is 24.5. The highest BCUT2D eigenvalue weighted by molar-refractivity contribution is 8.67. The van der Waals surface area contributed by atoms with Gasteiger partial charge in [0, 0.05) is 6.54 Å². The van der Waals surface area contributed by atoms with Crippen molar-refractivity contribution in [3.8, 4) is 0 Å². The first-order valence-electron chi connectivity index (χ1n) is 21.2. The summed E-state index contributed by atoms with van der Waals surface area (Å²) < 4.78 is 15.4. The van der Waals surface area contributed by atoms with Gasteiger partial charge in [0.2, 0.25) is 5.69 Å². The van der Waals surface area contributed by atoms with Gasteiger partial charge < -0.3 is 9.05 Å². The molecule has 2 unspecified atom stereocenters. The second-order valence-corrected chi connectivity index (χ2v) is 22.3. The van der Waals surface area contributed by atoms with E-state index in [0.717, 1.165) is 42.7 Å². The third kappa shape index (κ3) is 21.8. The molecule has 0 aliphatic carbocycles. The van der Waals surface area contributed by atoms with Crippen LogP contribution in [0, 0.1) is 11.8 Å². The molecule has 0 N–H and O–H groups in total. The number of nitrogens with zero attached hydrogens (tertiary/aromatic N) is 4. The van der Waals surface area contributed by atoms with Crippen LogP contribution in [0.4, 0.5) is 0 Å². The van der Waals surface area contributed by atoms with Gasteiger partial charge in [0.1, 0.15) is 5.52 Å². The van der Waals surface area contributed by atoms with Crippen molar-refractivity contribution in [2.75, 3.05) is 12.4 Å². The second-order valence-electron chi connectivity index (χ2n) is 16.2. The minimum Gasteiger partial charge on any atom is -0.319 e. The van der Waals surface area contributed by atoms with Gasteiger partial charge in [-0.2, -0.15) is 0 Å². The fourth-order valence-electron chi connectivity index (χ4n) is 7.00. The van der Waals surface area contributed by atoms with Crippen molar-refractivity contribution in [1.82, 2.24) is 19.9 Å². The van der Waals surface area contributed by atoms with E-state index in [1.807, 2.05) is 0 Å². The van der Waals surface area contributed by atoms with E-state index < -0.39 is 5.69 Å². The Morgan fingerprint density at radius 2 is 1.20 bits per heavy atom. The van der Waals surface area contributed by atoms with Gasteiger partial charge in [0.25, 0.3) is 0 Å². The molecular formula is C42H79N4O2PS2. The summed E-state index contributed by atoms with van der Waals surface area (Å²) in [6, 6.07) is 6.68. The minimum atomic E-state index is -2.57. The lowest BCUT2D eigenvalue weighted by molar-refractivity contribution is 0.143. The summed E-state index contributed by atoms with van der Waals surface area (Å²) in [4.78, 5) is 2.49. The summed E-state index contributed by atoms with van der Waals surface area (Å²) in [6.45, 7) is 19.5. The van der Waals surface area contributed by atoms with Gasteiger partial charge in [-0.05, 0) is 87.3 Å². The third-order valence-corrected chi connectivity index (χ3v) is 15.0. The topological polar surface area (TPSA) is 52.4 Å². The van der Waals surface area contributed by atoms with Crippen LogP contribution in [0.15, 0.2) is 18.2 Å². The maximum Gasteiger partial charge on any atom is 0.249 e. The molecule has 0 spiro atoms. The van der Waals surface area contributed by atoms with Crippen LogP contribution < -0.4 is 0 Å². The van der Waals surface area contributed by atoms with Crippen molar-refractivity contribution in [2.45, 2.75) is 209 Å². The van der Waals surface area contributed by atoms with Crippen molar-refractivity contribution in [1.29, 1.82) is 0 Å². The zero-order valence-electron chi connectivity index (χ0n) is 34.4. The van der Waals surface area contributed by atoms with E-state index in [1.54, 1.807) is 11.4 Å². The summed E-state index contributed by atoms with van der Waals surface area (Å²) in [7, 11) is 0. The van der Waals surface area contributed by atoms with Crippen LogP contribution in [-0.4, -0.2) is 44.5 Å². The average molecular weight is 767 g/mol. The molecule has 0 aliphatic heterocycles. The highest BCUT2D eigenvalue weighted by atomic mass is 32.9. The molecule has 2 atom stereocenters. The number of aromatic nitrogens is 3. The number of rotatable bonds is 33. The van der Waals surface area contributed by atoms with Gasteiger partial charge in [0.15, 0.2) is 0 Å². The van der Waals surface area contributed by atoms with E-state index in [4.69, 9.17) is 20.9 Å². The van der Waals surface area contributed by atoms with E-state index in [2.05, 4.69) is 93.5 Å². The quantitative estimate of drug-likeness (QED) is 0.0407. The van der Waals surface area contributed by atoms with Crippen LogP contribution in [0.1, 0.15) is 189 Å². The normalized spacial score (nSPS) is 14.6. The van der Waals surface area contributed by atoms with Gasteiger partial charge >= 0.3 is 0 Å². The molecule has 0 fully saturated rings. The van der Waals surface area contributed by atoms with E-state index in [1.165, 1.54) is 121 Å². The molecule has 9 heteroatoms. The predicted molar refractivity (Wildman–Crippen MR) is 229 cm³/mol. The smallest absolute Gasteiger partial charge is 0.249 e. The molecule has 2 aromatic rings. The van der Waals surface area contributed by atoms with E-state index in [0.29, 0.717) is 18.5 Å². The molecule has 2 rings (SSSR count). The Balaban J connectivity index is 1.94. The first-order valence-corrected chi connectivity index (χ1v) is 25.4. The lowest BCUT2D eigenvalue weighted by atomic mass is 10.0. The van der Waals surface area contributed by atoms with Crippen LogP contribution in [0.25, 0.3) is 11.0 Å². The molecule has 6 nitrogen and oxygen atoms in total. The highest BCUT2D eigenvalue weighted by Gasteiger charge is 2.28. The predicted octanol–water partition coefficient (Wildman–Crippen LogP) is 14.1. The number of benzene rings is 1. The number of hydrogen-bond acceptors (Lipinski definition) is 7. The van der Waals surface area contributed by atoms with Gasteiger partial charge in [0.05, 0.1) is 30.3 Å². The van der Waals surface area contributed by atoms with Gasteiger partial charge in [-0.1, -0.05) is 167 Å². The summed E-state index contributed by atoms with van der Waals surface area (Å²) in [6.07, 6.45) is 27.7. The molecule has 0 radical (unpaired) electrons. The van der Waals surface area contributed by atoms with Crippen molar-refractivity contribution < 1.29 is 9.05 Å². The van der Waals surface area contributed by atoms with Gasteiger partial charge in [-0.3, -0.25) is 4.90 Å². The van der Waals surface area contributed by atoms with Gasteiger partial charge in [-0.15, -0.1) is 5.10 Å². The van der Waals surface area contributed by atoms with Crippen LogP contribution in [0.2, 0.25) is 0 Å². The monoisotopic (exact) mass is 767 g/mol. The SMILES string of the molecule is CCCCCCCCCCCCCCCCCCN(CSP(=S)(OC(C)CC(C)C)OC(C)CC(C)C)Cn1nnc2cc(CCCC)ccc21. The lowest BCUT2D eigenvalue weighted by Crippen LogP contribution is -2.28. The largest absolute Gasteiger partial charge is 0.319 e. The summed E-state index contributed by atoms with van der Waals surface area (Å²) in [5.41, 5.74) is 0.863. The fraction of sp³-hybridized carbons (Fsp3) is 0.857. The zero-order chi connectivity index (χ0) is 37.3. The lowest BCUT2D eigenvalue weighted by Gasteiger charge is -2.31. The third-order valence-electron chi connectivity index (χ3n) is 9.68. The maximum atomic E-state index is 6.64. The van der Waals surface area contributed by atoms with E-state index in [-0.39, 0.29) is 12.2 Å². The second kappa shape index (κ2) is 28.0. The summed E-state index contributed by atoms with van der Waals surface area (Å²) in [5.74, 6) is 1.86. The molecule has 51 heavy (non-hydrogen) atoms. The Bertz CT molecular complexity index is 1170. The summed E-state index contributed by atoms with van der Waals surface area (Å²) in [5, 5.41) is 9.20. The molecule has 0 amide bonds. The number of aryl methyl sites for hydroxylation is 1. The van der Waals surface area contributed by atoms with Crippen LogP contribution in [0.5, 0.6) is 0 Å². The van der Waals surface area contributed by atoms with Crippen molar-refractivity contribution >= 4 is 39.9 Å². The Kier molecular flexibility index (Phi) is 25.6. The molecule has 0 saturated carbocycles. The number of hydrogen-bond donors (Lipinski definition) is 0. The number of fused-ring (bicyclic) bond motifs is 1. The minimum absolute atomic E-state index is 0.0736. The fourth-order valence-corrected chi connectivity index (χ4v) is 12.2. The van der Waals surface area contributed by atoms with Crippen LogP contribution in [-0.2, 0) is 33.9 Å². The Hall–Kier alpha value is -0.500. The molecule has 1 aromatic carbocycles. The molecule has 0 saturated heterocycles. The van der Waals surface area contributed by atoms with Gasteiger partial charge in [-0.25, -0.2) is 4.68 Å². The molecule has 1 heterocycles. The van der Waals surface area contributed by atoms with Crippen molar-refractivity contribution in [2.24, 2.45) is 11.8 Å². The molecule has 296 valence electrons.